The van der Waals surface area contributed by atoms with Crippen LogP contribution in [0.15, 0.2) is 88.6 Å². The van der Waals surface area contributed by atoms with Crippen molar-refractivity contribution in [3.63, 3.8) is 0 Å². The molecule has 2 bridgehead atoms. The summed E-state index contributed by atoms with van der Waals surface area (Å²) >= 11 is 0. The molecule has 2 aliphatic heterocycles. The summed E-state index contributed by atoms with van der Waals surface area (Å²) < 4.78 is 53.4. The number of hydrogen-bond acceptors (Lipinski definition) is 7. The van der Waals surface area contributed by atoms with Gasteiger partial charge >= 0.3 is 0 Å². The number of ether oxygens (including phenoxy) is 1. The van der Waals surface area contributed by atoms with Crippen LogP contribution in [-0.4, -0.2) is 7.11 Å². The van der Waals surface area contributed by atoms with Crippen molar-refractivity contribution in [3.8, 4) is 5.75 Å². The number of hydrogen-bond donors (Lipinski definition) is 0. The standard InChI is InChI=1S/C24H20NO3.ClHO4/c1-26-21-7-4-5-18-20-13-24(16-8-11-27-14-16,17-9-12-28-15-17)23(22(18)21)19-6-2-3-10-25(19)20;2-1(3,4)5/h2-12,14-15,20,23H,13H2,1H3;(H,2,3,4,5)/q+1;/p-1. The molecule has 0 radical (unpaired) electrons. The highest BCUT2D eigenvalue weighted by molar-refractivity contribution is 5.58. The van der Waals surface area contributed by atoms with E-state index in [9.17, 15) is 0 Å². The number of furan rings is 2. The molecule has 1 aromatic carbocycles. The summed E-state index contributed by atoms with van der Waals surface area (Å²) in [5.41, 5.74) is 5.99. The van der Waals surface area contributed by atoms with Gasteiger partial charge in [-0.15, -0.1) is 10.2 Å². The SMILES string of the molecule is COc1cccc2c1C1c3cccc[n+]3C2CC1(c1ccoc1)c1ccoc1.[O-][Cl+3]([O-])([O-])[O-]. The largest absolute Gasteiger partial charge is 0.496 e. The van der Waals surface area contributed by atoms with Gasteiger partial charge in [-0.1, -0.05) is 18.2 Å². The third-order valence-electron chi connectivity index (χ3n) is 6.60. The number of pyridine rings is 1. The predicted molar refractivity (Wildman–Crippen MR) is 102 cm³/mol. The van der Waals surface area contributed by atoms with Gasteiger partial charge in [0.05, 0.1) is 43.5 Å². The van der Waals surface area contributed by atoms with Crippen LogP contribution >= 0.6 is 0 Å². The normalized spacial score (nSPS) is 19.8. The van der Waals surface area contributed by atoms with Crippen molar-refractivity contribution < 1.29 is 47.0 Å². The van der Waals surface area contributed by atoms with Crippen LogP contribution in [0.3, 0.4) is 0 Å². The molecular formula is C24H20ClNO7. The van der Waals surface area contributed by atoms with Crippen LogP contribution in [0.25, 0.3) is 0 Å². The zero-order valence-electron chi connectivity index (χ0n) is 17.6. The average Bonchev–Trinajstić information content (AvgIpc) is 3.52. The van der Waals surface area contributed by atoms with Crippen LogP contribution in [0.2, 0.25) is 0 Å². The Labute approximate surface area is 191 Å². The molecule has 2 atom stereocenters. The van der Waals surface area contributed by atoms with Gasteiger partial charge in [-0.05, 0) is 18.2 Å². The first-order valence-electron chi connectivity index (χ1n) is 10.2. The number of nitrogens with zero attached hydrogens (tertiary/aromatic N) is 1. The molecule has 33 heavy (non-hydrogen) atoms. The first-order chi connectivity index (χ1) is 15.8. The van der Waals surface area contributed by atoms with Crippen molar-refractivity contribution in [3.05, 3.63) is 108 Å². The van der Waals surface area contributed by atoms with Crippen LogP contribution in [0.5, 0.6) is 5.75 Å². The van der Waals surface area contributed by atoms with Crippen LogP contribution in [-0.2, 0) is 5.41 Å². The summed E-state index contributed by atoms with van der Waals surface area (Å²) in [6.07, 6.45) is 10.4. The Kier molecular flexibility index (Phi) is 5.27. The summed E-state index contributed by atoms with van der Waals surface area (Å²) in [7, 11) is -3.19. The lowest BCUT2D eigenvalue weighted by atomic mass is 9.54. The maximum atomic E-state index is 8.49. The Morgan fingerprint density at radius 2 is 1.61 bits per heavy atom. The molecule has 0 spiro atoms. The number of benzene rings is 1. The fourth-order valence-corrected chi connectivity index (χ4v) is 5.54. The summed E-state index contributed by atoms with van der Waals surface area (Å²) in [4.78, 5) is 0. The first-order valence-corrected chi connectivity index (χ1v) is 11.4. The molecule has 1 aliphatic carbocycles. The van der Waals surface area contributed by atoms with E-state index in [2.05, 4.69) is 59.3 Å². The molecule has 0 saturated heterocycles. The van der Waals surface area contributed by atoms with Crippen molar-refractivity contribution >= 4 is 0 Å². The first kappa shape index (κ1) is 21.7. The van der Waals surface area contributed by atoms with Gasteiger partial charge in [0.25, 0.3) is 0 Å². The third kappa shape index (κ3) is 3.52. The molecule has 5 heterocycles. The Morgan fingerprint density at radius 3 is 2.18 bits per heavy atom. The van der Waals surface area contributed by atoms with E-state index >= 15 is 0 Å². The number of methoxy groups -OCH3 is 1. The fraction of sp³-hybridized carbons (Fsp3) is 0.208. The lowest BCUT2D eigenvalue weighted by Gasteiger charge is -2.48. The van der Waals surface area contributed by atoms with Crippen molar-refractivity contribution in [2.75, 3.05) is 7.11 Å². The van der Waals surface area contributed by atoms with E-state index in [1.54, 1.807) is 19.6 Å². The van der Waals surface area contributed by atoms with Gasteiger partial charge in [0.1, 0.15) is 5.75 Å². The van der Waals surface area contributed by atoms with E-state index in [1.807, 2.05) is 12.5 Å². The fourth-order valence-electron chi connectivity index (χ4n) is 5.54. The van der Waals surface area contributed by atoms with Gasteiger partial charge < -0.3 is 13.6 Å². The molecular weight excluding hydrogens is 450 g/mol. The second-order valence-corrected chi connectivity index (χ2v) is 8.78. The highest BCUT2D eigenvalue weighted by Gasteiger charge is 2.60. The predicted octanol–water partition coefficient (Wildman–Crippen LogP) is -0.163. The lowest BCUT2D eigenvalue weighted by Crippen LogP contribution is -2.68. The molecule has 170 valence electrons. The molecule has 0 N–H and O–H groups in total. The van der Waals surface area contributed by atoms with E-state index in [4.69, 9.17) is 32.2 Å². The number of fused-ring (bicyclic) bond motifs is 1. The van der Waals surface area contributed by atoms with E-state index in [0.29, 0.717) is 0 Å². The van der Waals surface area contributed by atoms with Crippen molar-refractivity contribution in [1.82, 2.24) is 0 Å². The maximum absolute atomic E-state index is 8.49. The third-order valence-corrected chi connectivity index (χ3v) is 6.60. The Bertz CT molecular complexity index is 1210. The molecule has 9 heteroatoms. The molecule has 0 fully saturated rings. The zero-order chi connectivity index (χ0) is 23.2. The molecule has 0 saturated carbocycles. The number of aromatic nitrogens is 1. The van der Waals surface area contributed by atoms with Crippen molar-refractivity contribution in [2.45, 2.75) is 23.8 Å². The summed E-state index contributed by atoms with van der Waals surface area (Å²) in [6.45, 7) is 0. The molecule has 4 aromatic rings. The highest BCUT2D eigenvalue weighted by Crippen LogP contribution is 2.61. The lowest BCUT2D eigenvalue weighted by molar-refractivity contribution is -2.00. The van der Waals surface area contributed by atoms with E-state index in [1.165, 1.54) is 27.9 Å². The second-order valence-electron chi connectivity index (χ2n) is 8.02. The van der Waals surface area contributed by atoms with Crippen LogP contribution in [0, 0.1) is 10.2 Å². The zero-order valence-corrected chi connectivity index (χ0v) is 18.3. The van der Waals surface area contributed by atoms with Crippen molar-refractivity contribution in [2.24, 2.45) is 0 Å². The van der Waals surface area contributed by atoms with Crippen molar-refractivity contribution in [1.29, 1.82) is 0 Å². The minimum absolute atomic E-state index is 0.0973. The average molecular weight is 470 g/mol. The Balaban J connectivity index is 0.000000416. The van der Waals surface area contributed by atoms with Gasteiger partial charge in [0.2, 0.25) is 0 Å². The number of rotatable bonds is 3. The van der Waals surface area contributed by atoms with Gasteiger partial charge in [-0.2, -0.15) is 4.57 Å². The van der Waals surface area contributed by atoms with Gasteiger partial charge in [0.15, 0.2) is 17.9 Å². The second kappa shape index (κ2) is 8.02. The Hall–Kier alpha value is -3.14. The molecule has 0 amide bonds. The van der Waals surface area contributed by atoms with E-state index in [0.717, 1.165) is 12.2 Å². The Morgan fingerprint density at radius 1 is 0.939 bits per heavy atom. The van der Waals surface area contributed by atoms with E-state index in [-0.39, 0.29) is 17.4 Å². The monoisotopic (exact) mass is 469 g/mol. The minimum Gasteiger partial charge on any atom is -0.496 e. The van der Waals surface area contributed by atoms with Crippen LogP contribution < -0.4 is 27.9 Å². The molecule has 8 nitrogen and oxygen atoms in total. The molecule has 7 rings (SSSR count). The molecule has 2 unspecified atom stereocenters. The van der Waals surface area contributed by atoms with Gasteiger partial charge in [-0.3, -0.25) is 0 Å². The smallest absolute Gasteiger partial charge is 0.190 e. The van der Waals surface area contributed by atoms with Crippen LogP contribution in [0.4, 0.5) is 0 Å². The van der Waals surface area contributed by atoms with Crippen LogP contribution in [0.1, 0.15) is 46.3 Å². The highest BCUT2D eigenvalue weighted by atomic mass is 35.7. The summed E-state index contributed by atoms with van der Waals surface area (Å²) in [5, 5.41) is 0. The van der Waals surface area contributed by atoms with E-state index < -0.39 is 10.2 Å². The van der Waals surface area contributed by atoms with Gasteiger partial charge in [0, 0.05) is 40.8 Å². The summed E-state index contributed by atoms with van der Waals surface area (Å²) in [5.74, 6) is 1.04. The quantitative estimate of drug-likeness (QED) is 0.381. The molecule has 3 aromatic heterocycles. The minimum atomic E-state index is -4.94. The maximum Gasteiger partial charge on any atom is 0.190 e. The summed E-state index contributed by atoms with van der Waals surface area (Å²) in [6, 6.07) is 17.3. The topological polar surface area (TPSA) is 132 Å². The van der Waals surface area contributed by atoms with Gasteiger partial charge in [-0.25, -0.2) is 18.6 Å². The molecule has 3 aliphatic rings. The number of halogens is 1.